The van der Waals surface area contributed by atoms with Gasteiger partial charge in [-0.25, -0.2) is 0 Å². The normalized spacial score (nSPS) is 32.3. The monoisotopic (exact) mass is 225 g/mol. The Morgan fingerprint density at radius 1 is 1.31 bits per heavy atom. The number of rotatable bonds is 4. The number of piperidine rings is 1. The van der Waals surface area contributed by atoms with Gasteiger partial charge in [-0.05, 0) is 44.1 Å². The van der Waals surface area contributed by atoms with Crippen molar-refractivity contribution in [2.24, 2.45) is 11.8 Å². The van der Waals surface area contributed by atoms with Crippen LogP contribution in [0.5, 0.6) is 0 Å². The Balaban J connectivity index is 1.91. The number of nitrogens with zero attached hydrogens (tertiary/aromatic N) is 1. The predicted molar refractivity (Wildman–Crippen MR) is 63.4 cm³/mol. The molecule has 0 bridgehead atoms. The zero-order chi connectivity index (χ0) is 11.5. The standard InChI is InChI=1S/C13H23NO2/c1-2-10-6-7-14(9-11-4-3-5-11)12(8-10)13(15)16/h10-12H,2-9H2,1H3,(H,15,16). The second kappa shape index (κ2) is 5.17. The summed E-state index contributed by atoms with van der Waals surface area (Å²) in [4.78, 5) is 13.5. The van der Waals surface area contributed by atoms with Crippen LogP contribution in [0.3, 0.4) is 0 Å². The van der Waals surface area contributed by atoms with E-state index < -0.39 is 5.97 Å². The fraction of sp³-hybridized carbons (Fsp3) is 0.923. The number of aliphatic carboxylic acids is 1. The molecule has 16 heavy (non-hydrogen) atoms. The molecule has 1 N–H and O–H groups in total. The Bertz CT molecular complexity index is 250. The van der Waals surface area contributed by atoms with Gasteiger partial charge in [0, 0.05) is 6.54 Å². The highest BCUT2D eigenvalue weighted by molar-refractivity contribution is 5.73. The minimum atomic E-state index is -0.613. The van der Waals surface area contributed by atoms with Crippen LogP contribution in [0.1, 0.15) is 45.4 Å². The summed E-state index contributed by atoms with van der Waals surface area (Å²) in [6.45, 7) is 4.19. The van der Waals surface area contributed by atoms with E-state index in [4.69, 9.17) is 0 Å². The number of likely N-dealkylation sites (tertiary alicyclic amines) is 1. The molecule has 1 saturated heterocycles. The molecule has 2 unspecified atom stereocenters. The molecule has 0 aromatic heterocycles. The van der Waals surface area contributed by atoms with Crippen LogP contribution in [0.4, 0.5) is 0 Å². The molecule has 3 nitrogen and oxygen atoms in total. The van der Waals surface area contributed by atoms with Gasteiger partial charge in [0.15, 0.2) is 0 Å². The van der Waals surface area contributed by atoms with Gasteiger partial charge in [-0.3, -0.25) is 9.69 Å². The highest BCUT2D eigenvalue weighted by Crippen LogP contribution is 2.31. The van der Waals surface area contributed by atoms with Crippen molar-refractivity contribution in [3.05, 3.63) is 0 Å². The first-order chi connectivity index (χ1) is 7.70. The van der Waals surface area contributed by atoms with E-state index in [0.717, 1.165) is 31.8 Å². The molecule has 1 heterocycles. The Kier molecular flexibility index (Phi) is 3.85. The molecule has 1 saturated carbocycles. The SMILES string of the molecule is CCC1CCN(CC2CCC2)C(C(=O)O)C1. The lowest BCUT2D eigenvalue weighted by Gasteiger charge is -2.40. The van der Waals surface area contributed by atoms with Crippen LogP contribution in [-0.4, -0.2) is 35.1 Å². The highest BCUT2D eigenvalue weighted by Gasteiger charge is 2.34. The summed E-state index contributed by atoms with van der Waals surface area (Å²) in [5.41, 5.74) is 0. The number of carboxylic acid groups (broad SMARTS) is 1. The lowest BCUT2D eigenvalue weighted by molar-refractivity contribution is -0.146. The third-order valence-corrected chi connectivity index (χ3v) is 4.40. The van der Waals surface area contributed by atoms with Crippen molar-refractivity contribution in [1.29, 1.82) is 0 Å². The second-order valence-corrected chi connectivity index (χ2v) is 5.44. The first kappa shape index (κ1) is 11.9. The summed E-state index contributed by atoms with van der Waals surface area (Å²) < 4.78 is 0. The van der Waals surface area contributed by atoms with Crippen LogP contribution in [-0.2, 0) is 4.79 Å². The van der Waals surface area contributed by atoms with Gasteiger partial charge in [-0.2, -0.15) is 0 Å². The summed E-state index contributed by atoms with van der Waals surface area (Å²) >= 11 is 0. The molecule has 1 aliphatic carbocycles. The molecule has 0 aromatic carbocycles. The Hall–Kier alpha value is -0.570. The zero-order valence-corrected chi connectivity index (χ0v) is 10.2. The molecule has 2 aliphatic rings. The topological polar surface area (TPSA) is 40.5 Å². The second-order valence-electron chi connectivity index (χ2n) is 5.44. The minimum absolute atomic E-state index is 0.209. The van der Waals surface area contributed by atoms with Crippen LogP contribution in [0.25, 0.3) is 0 Å². The maximum atomic E-state index is 11.3. The van der Waals surface area contributed by atoms with E-state index >= 15 is 0 Å². The Morgan fingerprint density at radius 3 is 2.56 bits per heavy atom. The van der Waals surface area contributed by atoms with Gasteiger partial charge >= 0.3 is 5.97 Å². The lowest BCUT2D eigenvalue weighted by atomic mass is 9.82. The van der Waals surface area contributed by atoms with Gasteiger partial charge in [-0.15, -0.1) is 0 Å². The van der Waals surface area contributed by atoms with Crippen LogP contribution < -0.4 is 0 Å². The summed E-state index contributed by atoms with van der Waals surface area (Å²) in [5.74, 6) is 0.788. The van der Waals surface area contributed by atoms with Crippen molar-refractivity contribution in [1.82, 2.24) is 4.90 Å². The van der Waals surface area contributed by atoms with E-state index in [2.05, 4.69) is 11.8 Å². The molecular formula is C13H23NO2. The van der Waals surface area contributed by atoms with Crippen LogP contribution in [0.2, 0.25) is 0 Å². The molecule has 2 rings (SSSR count). The third-order valence-electron chi connectivity index (χ3n) is 4.40. The molecule has 2 fully saturated rings. The summed E-state index contributed by atoms with van der Waals surface area (Å²) in [5, 5.41) is 9.28. The summed E-state index contributed by atoms with van der Waals surface area (Å²) in [6, 6.07) is -0.209. The van der Waals surface area contributed by atoms with Gasteiger partial charge in [0.05, 0.1) is 0 Å². The van der Waals surface area contributed by atoms with Crippen LogP contribution in [0, 0.1) is 11.8 Å². The average molecular weight is 225 g/mol. The Labute approximate surface area is 97.8 Å². The van der Waals surface area contributed by atoms with Gasteiger partial charge < -0.3 is 5.11 Å². The number of hydrogen-bond donors (Lipinski definition) is 1. The van der Waals surface area contributed by atoms with E-state index in [1.54, 1.807) is 0 Å². The lowest BCUT2D eigenvalue weighted by Crippen LogP contribution is -2.49. The molecule has 2 atom stereocenters. The van der Waals surface area contributed by atoms with Crippen molar-refractivity contribution >= 4 is 5.97 Å². The first-order valence-electron chi connectivity index (χ1n) is 6.67. The van der Waals surface area contributed by atoms with Gasteiger partial charge in [0.25, 0.3) is 0 Å². The first-order valence-corrected chi connectivity index (χ1v) is 6.67. The summed E-state index contributed by atoms with van der Waals surface area (Å²) in [6.07, 6.45) is 7.13. The van der Waals surface area contributed by atoms with Crippen molar-refractivity contribution in [2.45, 2.75) is 51.5 Å². The molecule has 92 valence electrons. The maximum Gasteiger partial charge on any atom is 0.320 e. The zero-order valence-electron chi connectivity index (χ0n) is 10.2. The van der Waals surface area contributed by atoms with E-state index in [-0.39, 0.29) is 6.04 Å². The van der Waals surface area contributed by atoms with Gasteiger partial charge in [-0.1, -0.05) is 19.8 Å². The van der Waals surface area contributed by atoms with Crippen molar-refractivity contribution in [3.63, 3.8) is 0 Å². The molecule has 0 aromatic rings. The number of carboxylic acids is 1. The van der Waals surface area contributed by atoms with Crippen LogP contribution in [0.15, 0.2) is 0 Å². The quantitative estimate of drug-likeness (QED) is 0.798. The van der Waals surface area contributed by atoms with Crippen molar-refractivity contribution in [3.8, 4) is 0 Å². The molecule has 1 aliphatic heterocycles. The third kappa shape index (κ3) is 2.57. The Morgan fingerprint density at radius 2 is 2.06 bits per heavy atom. The van der Waals surface area contributed by atoms with Crippen molar-refractivity contribution in [2.75, 3.05) is 13.1 Å². The highest BCUT2D eigenvalue weighted by atomic mass is 16.4. The number of carbonyl (C=O) groups is 1. The van der Waals surface area contributed by atoms with Crippen molar-refractivity contribution < 1.29 is 9.90 Å². The molecular weight excluding hydrogens is 202 g/mol. The predicted octanol–water partition coefficient (Wildman–Crippen LogP) is 2.36. The minimum Gasteiger partial charge on any atom is -0.480 e. The molecule has 0 spiro atoms. The van der Waals surface area contributed by atoms with E-state index in [0.29, 0.717) is 5.92 Å². The number of hydrogen-bond acceptors (Lipinski definition) is 2. The van der Waals surface area contributed by atoms with Gasteiger partial charge in [0.2, 0.25) is 0 Å². The van der Waals surface area contributed by atoms with Crippen LogP contribution >= 0.6 is 0 Å². The molecule has 0 amide bonds. The van der Waals surface area contributed by atoms with E-state index in [1.165, 1.54) is 25.7 Å². The maximum absolute atomic E-state index is 11.3. The van der Waals surface area contributed by atoms with Gasteiger partial charge in [0.1, 0.15) is 6.04 Å². The fourth-order valence-corrected chi connectivity index (χ4v) is 2.94. The molecule has 0 radical (unpaired) electrons. The smallest absolute Gasteiger partial charge is 0.320 e. The molecule has 3 heteroatoms. The largest absolute Gasteiger partial charge is 0.480 e. The van der Waals surface area contributed by atoms with E-state index in [9.17, 15) is 9.90 Å². The summed E-state index contributed by atoms with van der Waals surface area (Å²) in [7, 11) is 0. The average Bonchev–Trinajstić information content (AvgIpc) is 2.23. The van der Waals surface area contributed by atoms with E-state index in [1.807, 2.05) is 0 Å². The fourth-order valence-electron chi connectivity index (χ4n) is 2.94.